The van der Waals surface area contributed by atoms with E-state index in [0.717, 1.165) is 19.6 Å². The molecule has 0 aliphatic rings. The van der Waals surface area contributed by atoms with Crippen LogP contribution in [0.4, 0.5) is 5.95 Å². The van der Waals surface area contributed by atoms with Gasteiger partial charge in [0.15, 0.2) is 0 Å². The molecule has 1 heterocycles. The summed E-state index contributed by atoms with van der Waals surface area (Å²) in [5.41, 5.74) is 0.112. The first kappa shape index (κ1) is 15.4. The van der Waals surface area contributed by atoms with E-state index < -0.39 is 5.97 Å². The molecule has 19 heavy (non-hydrogen) atoms. The topological polar surface area (TPSA) is 69.6 Å². The fourth-order valence-corrected chi connectivity index (χ4v) is 1.63. The molecule has 0 spiro atoms. The molecule has 0 saturated carbocycles. The maximum Gasteiger partial charge on any atom is 0.338 e. The summed E-state index contributed by atoms with van der Waals surface area (Å²) >= 11 is 0. The average Bonchev–Trinajstić information content (AvgIpc) is 2.34. The van der Waals surface area contributed by atoms with E-state index in [0.29, 0.717) is 11.9 Å². The molecular weight excluding hydrogens is 244 g/mol. The Morgan fingerprint density at radius 1 is 1.26 bits per heavy atom. The summed E-state index contributed by atoms with van der Waals surface area (Å²) in [6, 6.07) is 0. The van der Waals surface area contributed by atoms with Crippen molar-refractivity contribution in [1.29, 1.82) is 0 Å². The summed E-state index contributed by atoms with van der Waals surface area (Å²) in [5, 5.41) is 8.84. The number of aromatic nitrogens is 2. The van der Waals surface area contributed by atoms with Gasteiger partial charge in [-0.1, -0.05) is 13.8 Å². The molecule has 0 aromatic carbocycles. The lowest BCUT2D eigenvalue weighted by molar-refractivity contribution is 0.0696. The Bertz CT molecular complexity index is 404. The van der Waals surface area contributed by atoms with Gasteiger partial charge in [0.25, 0.3) is 0 Å². The van der Waals surface area contributed by atoms with E-state index in [-0.39, 0.29) is 5.56 Å². The van der Waals surface area contributed by atoms with Gasteiger partial charge in [-0.25, -0.2) is 14.8 Å². The Balaban J connectivity index is 2.80. The van der Waals surface area contributed by atoms with E-state index in [1.165, 1.54) is 12.4 Å². The van der Waals surface area contributed by atoms with Crippen molar-refractivity contribution in [1.82, 2.24) is 14.9 Å². The van der Waals surface area contributed by atoms with Crippen molar-refractivity contribution in [2.45, 2.75) is 13.8 Å². The third-order valence-electron chi connectivity index (χ3n) is 2.57. The normalized spacial score (nSPS) is 11.1. The zero-order valence-electron chi connectivity index (χ0n) is 12.0. The molecule has 6 heteroatoms. The summed E-state index contributed by atoms with van der Waals surface area (Å²) in [6.07, 6.45) is 2.71. The zero-order valence-corrected chi connectivity index (χ0v) is 12.0. The smallest absolute Gasteiger partial charge is 0.338 e. The van der Waals surface area contributed by atoms with Crippen molar-refractivity contribution < 1.29 is 9.90 Å². The van der Waals surface area contributed by atoms with Gasteiger partial charge in [-0.3, -0.25) is 0 Å². The van der Waals surface area contributed by atoms with Gasteiger partial charge in [0, 0.05) is 32.0 Å². The molecular formula is C13H22N4O2. The predicted molar refractivity (Wildman–Crippen MR) is 74.6 cm³/mol. The van der Waals surface area contributed by atoms with Crippen LogP contribution in [0.2, 0.25) is 0 Å². The molecule has 0 atom stereocenters. The molecule has 1 rings (SSSR count). The van der Waals surface area contributed by atoms with Gasteiger partial charge in [0.1, 0.15) is 0 Å². The highest BCUT2D eigenvalue weighted by atomic mass is 16.4. The molecule has 0 fully saturated rings. The largest absolute Gasteiger partial charge is 0.478 e. The number of nitrogens with zero attached hydrogens (tertiary/aromatic N) is 4. The van der Waals surface area contributed by atoms with E-state index in [9.17, 15) is 4.79 Å². The van der Waals surface area contributed by atoms with Crippen LogP contribution >= 0.6 is 0 Å². The molecule has 0 bridgehead atoms. The molecule has 0 aliphatic heterocycles. The lowest BCUT2D eigenvalue weighted by Crippen LogP contribution is -2.35. The van der Waals surface area contributed by atoms with Crippen LogP contribution in [-0.4, -0.2) is 59.7 Å². The van der Waals surface area contributed by atoms with Crippen molar-refractivity contribution in [2.75, 3.05) is 38.6 Å². The lowest BCUT2D eigenvalue weighted by Gasteiger charge is -2.25. The standard InChI is InChI=1S/C13H22N4O2/c1-10(2)9-17(6-5-16(3)4)13-14-7-11(8-15-13)12(18)19/h7-8,10H,5-6,9H2,1-4H3,(H,18,19). The SMILES string of the molecule is CC(C)CN(CCN(C)C)c1ncc(C(=O)O)cn1. The van der Waals surface area contributed by atoms with Gasteiger partial charge in [-0.2, -0.15) is 0 Å². The Kier molecular flexibility index (Phi) is 5.69. The number of hydrogen-bond donors (Lipinski definition) is 1. The van der Waals surface area contributed by atoms with Gasteiger partial charge >= 0.3 is 5.97 Å². The number of likely N-dealkylation sites (N-methyl/N-ethyl adjacent to an activating group) is 1. The first-order valence-corrected chi connectivity index (χ1v) is 6.35. The minimum absolute atomic E-state index is 0.112. The second-order valence-corrected chi connectivity index (χ2v) is 5.22. The summed E-state index contributed by atoms with van der Waals surface area (Å²) in [7, 11) is 4.03. The monoisotopic (exact) mass is 266 g/mol. The van der Waals surface area contributed by atoms with Crippen molar-refractivity contribution in [2.24, 2.45) is 5.92 Å². The van der Waals surface area contributed by atoms with Gasteiger partial charge < -0.3 is 14.9 Å². The molecule has 0 radical (unpaired) electrons. The summed E-state index contributed by atoms with van der Waals surface area (Å²) in [6.45, 7) is 6.83. The second-order valence-electron chi connectivity index (χ2n) is 5.22. The highest BCUT2D eigenvalue weighted by molar-refractivity contribution is 5.86. The minimum atomic E-state index is -1.00. The number of carboxylic acids is 1. The average molecular weight is 266 g/mol. The highest BCUT2D eigenvalue weighted by Crippen LogP contribution is 2.10. The fraction of sp³-hybridized carbons (Fsp3) is 0.615. The molecule has 106 valence electrons. The molecule has 0 aliphatic carbocycles. The summed E-state index contributed by atoms with van der Waals surface area (Å²) in [5.74, 6) is 0.0701. The van der Waals surface area contributed by atoms with Crippen LogP contribution in [-0.2, 0) is 0 Å². The van der Waals surface area contributed by atoms with Crippen molar-refractivity contribution in [3.63, 3.8) is 0 Å². The predicted octanol–water partition coefficient (Wildman–Crippen LogP) is 1.20. The molecule has 6 nitrogen and oxygen atoms in total. The van der Waals surface area contributed by atoms with E-state index in [4.69, 9.17) is 5.11 Å². The number of hydrogen-bond acceptors (Lipinski definition) is 5. The minimum Gasteiger partial charge on any atom is -0.478 e. The van der Waals surface area contributed by atoms with Crippen LogP contribution in [0.5, 0.6) is 0 Å². The highest BCUT2D eigenvalue weighted by Gasteiger charge is 2.13. The number of carbonyl (C=O) groups is 1. The van der Waals surface area contributed by atoms with Crippen LogP contribution in [0.25, 0.3) is 0 Å². The van der Waals surface area contributed by atoms with E-state index >= 15 is 0 Å². The van der Waals surface area contributed by atoms with Crippen LogP contribution < -0.4 is 4.90 Å². The van der Waals surface area contributed by atoms with Crippen LogP contribution in [0.1, 0.15) is 24.2 Å². The van der Waals surface area contributed by atoms with Crippen LogP contribution in [0.15, 0.2) is 12.4 Å². The number of aromatic carboxylic acids is 1. The van der Waals surface area contributed by atoms with E-state index in [1.54, 1.807) is 0 Å². The van der Waals surface area contributed by atoms with Gasteiger partial charge in [0.05, 0.1) is 5.56 Å². The Labute approximate surface area is 114 Å². The molecule has 0 saturated heterocycles. The molecule has 1 aromatic heterocycles. The van der Waals surface area contributed by atoms with Gasteiger partial charge in [-0.05, 0) is 20.0 Å². The Hall–Kier alpha value is -1.69. The van der Waals surface area contributed by atoms with Crippen LogP contribution in [0, 0.1) is 5.92 Å². The quantitative estimate of drug-likeness (QED) is 0.799. The van der Waals surface area contributed by atoms with E-state index in [2.05, 4.69) is 33.6 Å². The summed E-state index contributed by atoms with van der Waals surface area (Å²) in [4.78, 5) is 23.2. The van der Waals surface area contributed by atoms with Crippen molar-refractivity contribution in [3.05, 3.63) is 18.0 Å². The van der Waals surface area contributed by atoms with Crippen molar-refractivity contribution in [3.8, 4) is 0 Å². The third kappa shape index (κ3) is 5.21. The maximum atomic E-state index is 10.8. The fourth-order valence-electron chi connectivity index (χ4n) is 1.63. The molecule has 1 aromatic rings. The number of anilines is 1. The molecule has 1 N–H and O–H groups in total. The van der Waals surface area contributed by atoms with E-state index in [1.807, 2.05) is 14.1 Å². The number of carboxylic acid groups (broad SMARTS) is 1. The second kappa shape index (κ2) is 7.04. The first-order chi connectivity index (χ1) is 8.90. The van der Waals surface area contributed by atoms with Gasteiger partial charge in [-0.15, -0.1) is 0 Å². The third-order valence-corrected chi connectivity index (χ3v) is 2.57. The first-order valence-electron chi connectivity index (χ1n) is 6.35. The number of rotatable bonds is 7. The maximum absolute atomic E-state index is 10.8. The van der Waals surface area contributed by atoms with Crippen molar-refractivity contribution >= 4 is 11.9 Å². The Morgan fingerprint density at radius 2 is 1.84 bits per heavy atom. The lowest BCUT2D eigenvalue weighted by atomic mass is 10.2. The Morgan fingerprint density at radius 3 is 2.26 bits per heavy atom. The van der Waals surface area contributed by atoms with Gasteiger partial charge in [0.2, 0.25) is 5.95 Å². The zero-order chi connectivity index (χ0) is 14.4. The van der Waals surface area contributed by atoms with Crippen LogP contribution in [0.3, 0.4) is 0 Å². The molecule has 0 amide bonds. The summed E-state index contributed by atoms with van der Waals surface area (Å²) < 4.78 is 0. The molecule has 0 unspecified atom stereocenters.